The molecule has 0 bridgehead atoms. The fourth-order valence-electron chi connectivity index (χ4n) is 1.39. The largest absolute Gasteiger partial charge is 0.355 e. The third-order valence-corrected chi connectivity index (χ3v) is 2.73. The fourth-order valence-corrected chi connectivity index (χ4v) is 1.39. The zero-order chi connectivity index (χ0) is 13.3. The van der Waals surface area contributed by atoms with Crippen molar-refractivity contribution in [2.45, 2.75) is 20.3 Å². The van der Waals surface area contributed by atoms with Crippen molar-refractivity contribution >= 4 is 17.9 Å². The summed E-state index contributed by atoms with van der Waals surface area (Å²) in [6.07, 6.45) is 1.02. The summed E-state index contributed by atoms with van der Waals surface area (Å²) in [6, 6.07) is 0. The van der Waals surface area contributed by atoms with E-state index in [4.69, 9.17) is 0 Å². The molecular weight excluding hydrogens is 218 g/mol. The van der Waals surface area contributed by atoms with Gasteiger partial charge in [0.05, 0.1) is 5.71 Å². The Bertz CT molecular complexity index is 277. The molecule has 0 aliphatic rings. The Morgan fingerprint density at radius 1 is 1.53 bits per heavy atom. The van der Waals surface area contributed by atoms with Gasteiger partial charge in [0.1, 0.15) is 0 Å². The van der Waals surface area contributed by atoms with Gasteiger partial charge in [-0.3, -0.25) is 14.6 Å². The van der Waals surface area contributed by atoms with E-state index in [1.54, 1.807) is 7.05 Å². The zero-order valence-electron chi connectivity index (χ0n) is 11.2. The van der Waals surface area contributed by atoms with Crippen LogP contribution in [0.5, 0.6) is 0 Å². The maximum absolute atomic E-state index is 11.6. The van der Waals surface area contributed by atoms with Gasteiger partial charge in [-0.25, -0.2) is 0 Å². The van der Waals surface area contributed by atoms with Crippen molar-refractivity contribution in [2.75, 3.05) is 33.7 Å². The first kappa shape index (κ1) is 15.8. The highest BCUT2D eigenvalue weighted by atomic mass is 16.1. The number of nitrogens with zero attached hydrogens (tertiary/aromatic N) is 2. The van der Waals surface area contributed by atoms with E-state index in [0.29, 0.717) is 25.0 Å². The molecule has 0 fully saturated rings. The van der Waals surface area contributed by atoms with Crippen LogP contribution in [0.3, 0.4) is 0 Å². The maximum atomic E-state index is 11.6. The highest BCUT2D eigenvalue weighted by Crippen LogP contribution is 2.03. The Kier molecular flexibility index (Phi) is 8.23. The van der Waals surface area contributed by atoms with Crippen LogP contribution >= 0.6 is 0 Å². The predicted molar refractivity (Wildman–Crippen MR) is 69.4 cm³/mol. The molecule has 0 aromatic rings. The SMILES string of the molecule is CCN(C)CCNC(=O)CC(C)C(C=O)=NC. The molecule has 0 aromatic carbocycles. The smallest absolute Gasteiger partial charge is 0.220 e. The second-order valence-corrected chi connectivity index (χ2v) is 4.12. The lowest BCUT2D eigenvalue weighted by Crippen LogP contribution is -2.34. The summed E-state index contributed by atoms with van der Waals surface area (Å²) >= 11 is 0. The van der Waals surface area contributed by atoms with Gasteiger partial charge in [0.25, 0.3) is 0 Å². The quantitative estimate of drug-likeness (QED) is 0.493. The van der Waals surface area contributed by atoms with Crippen LogP contribution in [0.1, 0.15) is 20.3 Å². The summed E-state index contributed by atoms with van der Waals surface area (Å²) < 4.78 is 0. The molecule has 1 N–H and O–H groups in total. The second kappa shape index (κ2) is 8.87. The van der Waals surface area contributed by atoms with Gasteiger partial charge in [-0.05, 0) is 13.6 Å². The van der Waals surface area contributed by atoms with Crippen molar-refractivity contribution < 1.29 is 9.59 Å². The van der Waals surface area contributed by atoms with E-state index in [1.807, 2.05) is 14.0 Å². The van der Waals surface area contributed by atoms with Crippen LogP contribution in [0.25, 0.3) is 0 Å². The third-order valence-electron chi connectivity index (χ3n) is 2.73. The summed E-state index contributed by atoms with van der Waals surface area (Å²) in [5.74, 6) is -0.161. The Balaban J connectivity index is 3.90. The lowest BCUT2D eigenvalue weighted by Gasteiger charge is -2.15. The minimum Gasteiger partial charge on any atom is -0.355 e. The Hall–Kier alpha value is -1.23. The number of carbonyl (C=O) groups excluding carboxylic acids is 2. The van der Waals surface area contributed by atoms with Crippen LogP contribution < -0.4 is 5.32 Å². The van der Waals surface area contributed by atoms with E-state index >= 15 is 0 Å². The molecule has 98 valence electrons. The first-order valence-electron chi connectivity index (χ1n) is 5.92. The topological polar surface area (TPSA) is 61.8 Å². The van der Waals surface area contributed by atoms with Gasteiger partial charge in [-0.15, -0.1) is 0 Å². The van der Waals surface area contributed by atoms with Crippen molar-refractivity contribution in [3.05, 3.63) is 0 Å². The van der Waals surface area contributed by atoms with E-state index in [9.17, 15) is 9.59 Å². The lowest BCUT2D eigenvalue weighted by atomic mass is 10.0. The lowest BCUT2D eigenvalue weighted by molar-refractivity contribution is -0.121. The molecule has 17 heavy (non-hydrogen) atoms. The van der Waals surface area contributed by atoms with Crippen molar-refractivity contribution in [2.24, 2.45) is 10.9 Å². The summed E-state index contributed by atoms with van der Waals surface area (Å²) in [4.78, 5) is 28.2. The van der Waals surface area contributed by atoms with Crippen LogP contribution in [0.2, 0.25) is 0 Å². The van der Waals surface area contributed by atoms with Gasteiger partial charge < -0.3 is 10.2 Å². The van der Waals surface area contributed by atoms with Crippen LogP contribution in [-0.2, 0) is 9.59 Å². The number of amides is 1. The van der Waals surface area contributed by atoms with Crippen molar-refractivity contribution in [1.29, 1.82) is 0 Å². The first-order valence-corrected chi connectivity index (χ1v) is 5.92. The number of likely N-dealkylation sites (N-methyl/N-ethyl adjacent to an activating group) is 1. The number of aliphatic imine (C=N–C) groups is 1. The number of nitrogens with one attached hydrogen (secondary N) is 1. The summed E-state index contributed by atoms with van der Waals surface area (Å²) in [6.45, 7) is 6.32. The molecule has 1 unspecified atom stereocenters. The molecule has 0 aliphatic carbocycles. The molecule has 0 aliphatic heterocycles. The average molecular weight is 241 g/mol. The molecule has 0 rings (SSSR count). The molecular formula is C12H23N3O2. The summed E-state index contributed by atoms with van der Waals surface area (Å²) in [5.41, 5.74) is 0.436. The molecule has 0 heterocycles. The molecule has 1 atom stereocenters. The van der Waals surface area contributed by atoms with E-state index in [2.05, 4.69) is 22.1 Å². The van der Waals surface area contributed by atoms with Crippen LogP contribution in [0, 0.1) is 5.92 Å². The first-order chi connectivity index (χ1) is 8.04. The van der Waals surface area contributed by atoms with Crippen molar-refractivity contribution in [3.63, 3.8) is 0 Å². The minimum absolute atomic E-state index is 0.0370. The molecule has 0 saturated heterocycles. The highest BCUT2D eigenvalue weighted by molar-refractivity contribution is 6.29. The second-order valence-electron chi connectivity index (χ2n) is 4.12. The van der Waals surface area contributed by atoms with Crippen molar-refractivity contribution in [1.82, 2.24) is 10.2 Å². The average Bonchev–Trinajstić information content (AvgIpc) is 2.30. The van der Waals surface area contributed by atoms with Gasteiger partial charge in [0, 0.05) is 32.5 Å². The molecule has 1 amide bonds. The van der Waals surface area contributed by atoms with Crippen LogP contribution in [-0.4, -0.2) is 56.5 Å². The normalized spacial score (nSPS) is 13.6. The summed E-state index contributed by atoms with van der Waals surface area (Å²) in [7, 11) is 3.57. The predicted octanol–water partition coefficient (Wildman–Crippen LogP) is 0.350. The van der Waals surface area contributed by atoms with Crippen LogP contribution in [0.15, 0.2) is 4.99 Å². The van der Waals surface area contributed by atoms with E-state index in [1.165, 1.54) is 0 Å². The molecule has 0 saturated carbocycles. The maximum Gasteiger partial charge on any atom is 0.220 e. The van der Waals surface area contributed by atoms with Gasteiger partial charge in [0.2, 0.25) is 5.91 Å². The number of carbonyl (C=O) groups is 2. The Morgan fingerprint density at radius 3 is 2.65 bits per heavy atom. The molecule has 5 heteroatoms. The molecule has 5 nitrogen and oxygen atoms in total. The molecule has 0 spiro atoms. The van der Waals surface area contributed by atoms with Gasteiger partial charge in [-0.2, -0.15) is 0 Å². The van der Waals surface area contributed by atoms with Gasteiger partial charge in [-0.1, -0.05) is 13.8 Å². The highest BCUT2D eigenvalue weighted by Gasteiger charge is 2.13. The third kappa shape index (κ3) is 6.84. The van der Waals surface area contributed by atoms with Gasteiger partial charge in [0.15, 0.2) is 6.29 Å². The van der Waals surface area contributed by atoms with Crippen LogP contribution in [0.4, 0.5) is 0 Å². The Morgan fingerprint density at radius 2 is 2.18 bits per heavy atom. The van der Waals surface area contributed by atoms with E-state index in [-0.39, 0.29) is 11.8 Å². The monoisotopic (exact) mass is 241 g/mol. The van der Waals surface area contributed by atoms with Crippen molar-refractivity contribution in [3.8, 4) is 0 Å². The number of hydrogen-bond acceptors (Lipinski definition) is 4. The molecule has 0 aromatic heterocycles. The zero-order valence-corrected chi connectivity index (χ0v) is 11.2. The van der Waals surface area contributed by atoms with E-state index < -0.39 is 0 Å². The standard InChI is InChI=1S/C12H23N3O2/c1-5-15(4)7-6-14-12(17)8-10(2)11(9-16)13-3/h9-10H,5-8H2,1-4H3,(H,14,17). The minimum atomic E-state index is -0.124. The summed E-state index contributed by atoms with van der Waals surface area (Å²) in [5, 5.41) is 2.83. The number of hydrogen-bond donors (Lipinski definition) is 1. The number of aldehydes is 1. The fraction of sp³-hybridized carbons (Fsp3) is 0.750. The Labute approximate surface area is 103 Å². The van der Waals surface area contributed by atoms with Gasteiger partial charge >= 0.3 is 0 Å². The van der Waals surface area contributed by atoms with E-state index in [0.717, 1.165) is 13.1 Å². The molecule has 0 radical (unpaired) electrons. The number of rotatable bonds is 8.